The molecule has 2 aromatic carbocycles. The maximum Gasteiger partial charge on any atom is 0.573 e. The van der Waals surface area contributed by atoms with Gasteiger partial charge in [0.05, 0.1) is 30.0 Å². The molecule has 2 heterocycles. The molecule has 1 N–H and O–H groups in total. The first-order valence-electron chi connectivity index (χ1n) is 14.6. The third-order valence-corrected chi connectivity index (χ3v) is 8.04. The zero-order valence-corrected chi connectivity index (χ0v) is 27.4. The average molecular weight is 669 g/mol. The number of rotatable bonds is 11. The molecule has 4 rings (SSSR count). The van der Waals surface area contributed by atoms with E-state index in [1.807, 2.05) is 58.0 Å². The number of halogens is 3. The SMILES string of the molecule is C=C/C(=C(\C=C(/C)OC)C(C)C)N1C(=O)CS/C1=N\C(=O)NCC(C)c1ccc(-c2ncn(-c3ccc(OC(F)(F)F)cc3)n2)cc1. The van der Waals surface area contributed by atoms with Crippen molar-refractivity contribution in [1.82, 2.24) is 25.0 Å². The van der Waals surface area contributed by atoms with Gasteiger partial charge in [0.1, 0.15) is 12.1 Å². The fraction of sp³-hybridized carbons (Fsp3) is 0.303. The lowest BCUT2D eigenvalue weighted by Gasteiger charge is -2.22. The van der Waals surface area contributed by atoms with Crippen molar-refractivity contribution >= 4 is 28.9 Å². The van der Waals surface area contributed by atoms with Crippen LogP contribution in [0.1, 0.15) is 39.2 Å². The molecule has 1 fully saturated rings. The van der Waals surface area contributed by atoms with Gasteiger partial charge in [-0.15, -0.1) is 18.3 Å². The van der Waals surface area contributed by atoms with E-state index in [0.717, 1.165) is 16.7 Å². The maximum atomic E-state index is 12.9. The summed E-state index contributed by atoms with van der Waals surface area (Å²) in [5.41, 5.74) is 3.58. The van der Waals surface area contributed by atoms with Crippen LogP contribution in [-0.2, 0) is 9.53 Å². The Bertz CT molecular complexity index is 1700. The van der Waals surface area contributed by atoms with Crippen LogP contribution in [-0.4, -0.2) is 62.5 Å². The summed E-state index contributed by atoms with van der Waals surface area (Å²) in [6.07, 6.45) is 0.140. The van der Waals surface area contributed by atoms with E-state index in [2.05, 4.69) is 31.7 Å². The number of amides is 3. The minimum atomic E-state index is -4.77. The van der Waals surface area contributed by atoms with Crippen LogP contribution in [0.5, 0.6) is 5.75 Å². The molecule has 1 aromatic heterocycles. The Morgan fingerprint density at radius 2 is 1.83 bits per heavy atom. The normalized spacial score (nSPS) is 15.9. The lowest BCUT2D eigenvalue weighted by atomic mass is 9.99. The van der Waals surface area contributed by atoms with Gasteiger partial charge in [-0.25, -0.2) is 14.5 Å². The second-order valence-corrected chi connectivity index (χ2v) is 11.8. The number of nitrogens with zero attached hydrogens (tertiary/aromatic N) is 5. The topological polar surface area (TPSA) is 111 Å². The predicted octanol–water partition coefficient (Wildman–Crippen LogP) is 7.22. The fourth-order valence-electron chi connectivity index (χ4n) is 4.60. The number of hydrogen-bond acceptors (Lipinski definition) is 7. The fourth-order valence-corrected chi connectivity index (χ4v) is 5.46. The van der Waals surface area contributed by atoms with Crippen LogP contribution in [0.15, 0.2) is 95.6 Å². The molecule has 3 amide bonds. The highest BCUT2D eigenvalue weighted by Crippen LogP contribution is 2.30. The summed E-state index contributed by atoms with van der Waals surface area (Å²) in [6, 6.07) is 12.2. The highest BCUT2D eigenvalue weighted by Gasteiger charge is 2.33. The van der Waals surface area contributed by atoms with Crippen LogP contribution in [0, 0.1) is 5.92 Å². The van der Waals surface area contributed by atoms with E-state index in [0.29, 0.717) is 29.5 Å². The maximum absolute atomic E-state index is 12.9. The van der Waals surface area contributed by atoms with Crippen molar-refractivity contribution in [1.29, 1.82) is 0 Å². The number of nitrogens with one attached hydrogen (secondary N) is 1. The van der Waals surface area contributed by atoms with Gasteiger partial charge in [-0.2, -0.15) is 4.99 Å². The molecule has 1 atom stereocenters. The van der Waals surface area contributed by atoms with E-state index in [1.54, 1.807) is 13.2 Å². The molecule has 0 saturated carbocycles. The summed E-state index contributed by atoms with van der Waals surface area (Å²) in [4.78, 5) is 35.7. The third-order valence-electron chi connectivity index (χ3n) is 7.12. The summed E-state index contributed by atoms with van der Waals surface area (Å²) in [7, 11) is 1.57. The van der Waals surface area contributed by atoms with Crippen LogP contribution >= 0.6 is 11.8 Å². The minimum Gasteiger partial charge on any atom is -0.501 e. The number of ether oxygens (including phenoxy) is 2. The van der Waals surface area contributed by atoms with Crippen molar-refractivity contribution in [2.75, 3.05) is 19.4 Å². The molecule has 3 aromatic rings. The standard InChI is InChI=1S/C33H35F3N6O4S/c1-7-28(27(20(2)3)16-22(5)45-6)42-29(43)18-47-32(42)39-31(44)37-17-21(4)23-8-10-24(11-9-23)30-38-19-41(40-30)25-12-14-26(15-13-25)46-33(34,35)36/h7-16,19-21H,1,17-18H2,2-6H3,(H,37,44)/b22-16+,28-27-,39-32-. The molecule has 14 heteroatoms. The number of amidine groups is 1. The molecule has 0 spiro atoms. The molecule has 10 nitrogen and oxygen atoms in total. The number of thioether (sulfide) groups is 1. The largest absolute Gasteiger partial charge is 0.573 e. The molecule has 1 aliphatic rings. The highest BCUT2D eigenvalue weighted by molar-refractivity contribution is 8.15. The van der Waals surface area contributed by atoms with Gasteiger partial charge in [0, 0.05) is 12.1 Å². The number of benzene rings is 2. The van der Waals surface area contributed by atoms with E-state index < -0.39 is 12.4 Å². The summed E-state index contributed by atoms with van der Waals surface area (Å²) < 4.78 is 48.0. The van der Waals surface area contributed by atoms with Crippen LogP contribution in [0.3, 0.4) is 0 Å². The average Bonchev–Trinajstić information content (AvgIpc) is 3.66. The Hall–Kier alpha value is -4.85. The zero-order valence-electron chi connectivity index (χ0n) is 26.5. The van der Waals surface area contributed by atoms with Crippen LogP contribution < -0.4 is 10.1 Å². The minimum absolute atomic E-state index is 0.0443. The Labute approximate surface area is 275 Å². The van der Waals surface area contributed by atoms with Gasteiger partial charge in [-0.1, -0.05) is 63.4 Å². The number of aliphatic imine (C=N–C) groups is 1. The van der Waals surface area contributed by atoms with Gasteiger partial charge >= 0.3 is 12.4 Å². The number of carbonyl (C=O) groups is 2. The summed E-state index contributed by atoms with van der Waals surface area (Å²) in [6.45, 7) is 12.0. The molecule has 1 saturated heterocycles. The number of aromatic nitrogens is 3. The predicted molar refractivity (Wildman–Crippen MR) is 175 cm³/mol. The number of methoxy groups -OCH3 is 1. The van der Waals surface area contributed by atoms with E-state index >= 15 is 0 Å². The van der Waals surface area contributed by atoms with Crippen molar-refractivity contribution in [3.8, 4) is 22.8 Å². The molecule has 0 radical (unpaired) electrons. The van der Waals surface area contributed by atoms with Crippen LogP contribution in [0.25, 0.3) is 17.1 Å². The lowest BCUT2D eigenvalue weighted by Crippen LogP contribution is -2.32. The van der Waals surface area contributed by atoms with Crippen molar-refractivity contribution in [2.24, 2.45) is 10.9 Å². The monoisotopic (exact) mass is 668 g/mol. The molecular formula is C33H35F3N6O4S. The molecule has 47 heavy (non-hydrogen) atoms. The first-order chi connectivity index (χ1) is 22.3. The number of carbonyl (C=O) groups excluding carboxylic acids is 2. The van der Waals surface area contributed by atoms with Crippen molar-refractivity contribution in [3.05, 3.63) is 96.2 Å². The quantitative estimate of drug-likeness (QED) is 0.170. The number of alkyl halides is 3. The van der Waals surface area contributed by atoms with Gasteiger partial charge in [-0.3, -0.25) is 9.69 Å². The van der Waals surface area contributed by atoms with Gasteiger partial charge in [0.2, 0.25) is 5.91 Å². The molecule has 1 aliphatic heterocycles. The Morgan fingerprint density at radius 3 is 2.43 bits per heavy atom. The van der Waals surface area contributed by atoms with E-state index in [-0.39, 0.29) is 34.4 Å². The molecule has 248 valence electrons. The second kappa shape index (κ2) is 15.2. The Morgan fingerprint density at radius 1 is 1.15 bits per heavy atom. The van der Waals surface area contributed by atoms with Crippen LogP contribution in [0.2, 0.25) is 0 Å². The van der Waals surface area contributed by atoms with Crippen molar-refractivity contribution in [2.45, 2.75) is 40.0 Å². The Balaban J connectivity index is 1.40. The van der Waals surface area contributed by atoms with E-state index in [9.17, 15) is 22.8 Å². The number of urea groups is 1. The van der Waals surface area contributed by atoms with Crippen LogP contribution in [0.4, 0.5) is 18.0 Å². The van der Waals surface area contributed by atoms with Gasteiger partial charge in [-0.05, 0) is 66.3 Å². The summed E-state index contributed by atoms with van der Waals surface area (Å²) >= 11 is 1.19. The number of hydrogen-bond donors (Lipinski definition) is 1. The van der Waals surface area contributed by atoms with E-state index in [1.165, 1.54) is 51.9 Å². The number of allylic oxidation sites excluding steroid dienone is 4. The second-order valence-electron chi connectivity index (χ2n) is 10.8. The molecule has 1 unspecified atom stereocenters. The summed E-state index contributed by atoms with van der Waals surface area (Å²) in [5.74, 6) is 0.707. The molecule has 0 bridgehead atoms. The van der Waals surface area contributed by atoms with Gasteiger partial charge < -0.3 is 14.8 Å². The van der Waals surface area contributed by atoms with Crippen molar-refractivity contribution < 1.29 is 32.2 Å². The Kier molecular flexibility index (Phi) is 11.3. The first kappa shape index (κ1) is 35.0. The molecular weight excluding hydrogens is 633 g/mol. The van der Waals surface area contributed by atoms with Crippen molar-refractivity contribution in [3.63, 3.8) is 0 Å². The highest BCUT2D eigenvalue weighted by atomic mass is 32.2. The lowest BCUT2D eigenvalue weighted by molar-refractivity contribution is -0.274. The van der Waals surface area contributed by atoms with Gasteiger partial charge in [0.25, 0.3) is 0 Å². The smallest absolute Gasteiger partial charge is 0.501 e. The zero-order chi connectivity index (χ0) is 34.3. The first-order valence-corrected chi connectivity index (χ1v) is 15.6. The third kappa shape index (κ3) is 9.12. The van der Waals surface area contributed by atoms with Gasteiger partial charge in [0.15, 0.2) is 11.0 Å². The summed E-state index contributed by atoms with van der Waals surface area (Å²) in [5, 5.41) is 7.53. The molecule has 0 aliphatic carbocycles. The van der Waals surface area contributed by atoms with E-state index in [4.69, 9.17) is 4.74 Å².